The van der Waals surface area contributed by atoms with E-state index < -0.39 is 11.2 Å². The van der Waals surface area contributed by atoms with Crippen LogP contribution in [-0.4, -0.2) is 22.4 Å². The Kier molecular flexibility index (Phi) is 3.14. The first-order valence-corrected chi connectivity index (χ1v) is 6.38. The largest absolute Gasteiger partial charge is 0.504 e. The highest BCUT2D eigenvalue weighted by atomic mass is 16.5. The number of rotatable bonds is 2. The summed E-state index contributed by atoms with van der Waals surface area (Å²) in [5.74, 6) is -1.52. The van der Waals surface area contributed by atoms with Gasteiger partial charge in [-0.1, -0.05) is 12.1 Å². The molecule has 22 heavy (non-hydrogen) atoms. The molecule has 0 amide bonds. The van der Waals surface area contributed by atoms with E-state index in [1.54, 1.807) is 18.2 Å². The predicted molar refractivity (Wildman–Crippen MR) is 79.5 cm³/mol. The van der Waals surface area contributed by atoms with Gasteiger partial charge in [0.2, 0.25) is 16.9 Å². The molecular weight excluding hydrogens is 288 g/mol. The van der Waals surface area contributed by atoms with Gasteiger partial charge < -0.3 is 24.5 Å². The maximum Gasteiger partial charge on any atom is 0.235 e. The molecule has 0 unspecified atom stereocenters. The third-order valence-corrected chi connectivity index (χ3v) is 3.29. The number of hydrogen-bond acceptors (Lipinski definition) is 6. The number of methoxy groups -OCH3 is 1. The number of phenolic OH excluding ortho intramolecular Hbond substituents is 2. The molecule has 0 aliphatic rings. The normalized spacial score (nSPS) is 10.8. The Balaban J connectivity index is 2.31. The third kappa shape index (κ3) is 2.01. The highest BCUT2D eigenvalue weighted by molar-refractivity contribution is 5.82. The molecule has 0 radical (unpaired) electrons. The van der Waals surface area contributed by atoms with E-state index in [9.17, 15) is 20.1 Å². The summed E-state index contributed by atoms with van der Waals surface area (Å²) in [6.45, 7) is 0. The van der Waals surface area contributed by atoms with Crippen LogP contribution in [0.1, 0.15) is 0 Å². The van der Waals surface area contributed by atoms with Crippen molar-refractivity contribution < 1.29 is 24.5 Å². The van der Waals surface area contributed by atoms with Crippen LogP contribution in [0, 0.1) is 0 Å². The van der Waals surface area contributed by atoms with Gasteiger partial charge in [0.25, 0.3) is 0 Å². The second-order valence-corrected chi connectivity index (χ2v) is 4.65. The van der Waals surface area contributed by atoms with Crippen LogP contribution in [0.5, 0.6) is 23.0 Å². The molecule has 0 spiro atoms. The van der Waals surface area contributed by atoms with Crippen LogP contribution in [0.2, 0.25) is 0 Å². The topological polar surface area (TPSA) is 100 Å². The molecular formula is C16H12O6. The monoisotopic (exact) mass is 300 g/mol. The molecule has 1 aromatic heterocycles. The molecule has 0 saturated carbocycles. The lowest BCUT2D eigenvalue weighted by Gasteiger charge is -2.10. The first kappa shape index (κ1) is 13.8. The molecule has 112 valence electrons. The van der Waals surface area contributed by atoms with Gasteiger partial charge in [0.15, 0.2) is 17.3 Å². The summed E-state index contributed by atoms with van der Waals surface area (Å²) in [5.41, 5.74) is -0.155. The van der Waals surface area contributed by atoms with Crippen LogP contribution in [0.15, 0.2) is 45.6 Å². The lowest BCUT2D eigenvalue weighted by Crippen LogP contribution is -2.02. The summed E-state index contributed by atoms with van der Waals surface area (Å²) in [5, 5.41) is 29.9. The van der Waals surface area contributed by atoms with Crippen molar-refractivity contribution in [2.45, 2.75) is 0 Å². The number of para-hydroxylation sites is 1. The van der Waals surface area contributed by atoms with Crippen molar-refractivity contribution in [3.8, 4) is 34.3 Å². The number of benzene rings is 2. The minimum atomic E-state index is -0.595. The summed E-state index contributed by atoms with van der Waals surface area (Å²) in [7, 11) is 1.29. The molecule has 1 heterocycles. The molecule has 6 heteroatoms. The van der Waals surface area contributed by atoms with Crippen molar-refractivity contribution in [1.82, 2.24) is 0 Å². The molecule has 3 rings (SSSR count). The second kappa shape index (κ2) is 5.00. The van der Waals surface area contributed by atoms with Crippen molar-refractivity contribution in [3.05, 3.63) is 46.6 Å². The Morgan fingerprint density at radius 3 is 2.32 bits per heavy atom. The zero-order valence-corrected chi connectivity index (χ0v) is 11.5. The summed E-state index contributed by atoms with van der Waals surface area (Å²) >= 11 is 0. The Hall–Kier alpha value is -3.15. The maximum atomic E-state index is 12.2. The molecule has 6 nitrogen and oxygen atoms in total. The lowest BCUT2D eigenvalue weighted by atomic mass is 10.1. The smallest absolute Gasteiger partial charge is 0.235 e. The van der Waals surface area contributed by atoms with E-state index in [0.717, 1.165) is 0 Å². The number of fused-ring (bicyclic) bond motifs is 1. The Morgan fingerprint density at radius 2 is 1.68 bits per heavy atom. The Labute approximate surface area is 124 Å². The van der Waals surface area contributed by atoms with Crippen molar-refractivity contribution >= 4 is 11.0 Å². The van der Waals surface area contributed by atoms with Gasteiger partial charge in [-0.2, -0.15) is 0 Å². The van der Waals surface area contributed by atoms with E-state index >= 15 is 0 Å². The van der Waals surface area contributed by atoms with Gasteiger partial charge in [0, 0.05) is 5.56 Å². The van der Waals surface area contributed by atoms with Crippen LogP contribution in [0.4, 0.5) is 0 Å². The van der Waals surface area contributed by atoms with Gasteiger partial charge in [-0.25, -0.2) is 0 Å². The molecule has 0 aliphatic carbocycles. The van der Waals surface area contributed by atoms with Gasteiger partial charge in [0.05, 0.1) is 12.5 Å². The first-order valence-electron chi connectivity index (χ1n) is 6.38. The van der Waals surface area contributed by atoms with E-state index in [0.29, 0.717) is 0 Å². The zero-order chi connectivity index (χ0) is 15.9. The molecule has 0 bridgehead atoms. The van der Waals surface area contributed by atoms with E-state index in [2.05, 4.69) is 0 Å². The van der Waals surface area contributed by atoms with Crippen LogP contribution in [0.25, 0.3) is 22.3 Å². The average molecular weight is 300 g/mol. The maximum absolute atomic E-state index is 12.2. The summed E-state index contributed by atoms with van der Waals surface area (Å²) in [6, 6.07) is 8.92. The molecule has 0 aliphatic heterocycles. The van der Waals surface area contributed by atoms with Gasteiger partial charge in [0.1, 0.15) is 5.58 Å². The minimum absolute atomic E-state index is 0.105. The Bertz CT molecular complexity index is 903. The van der Waals surface area contributed by atoms with E-state index in [-0.39, 0.29) is 39.5 Å². The standard InChI is InChI=1S/C16H12O6/c1-21-16-10(17)6-8(7-11(16)18)15-14(20)13(19)9-4-2-3-5-12(9)22-15/h2-7,17-18,20H,1H3. The van der Waals surface area contributed by atoms with Crippen molar-refractivity contribution in [1.29, 1.82) is 0 Å². The van der Waals surface area contributed by atoms with Gasteiger partial charge >= 0.3 is 0 Å². The molecule has 3 N–H and O–H groups in total. The SMILES string of the molecule is COc1c(O)cc(-c2oc3ccccc3c(=O)c2O)cc1O. The zero-order valence-electron chi connectivity index (χ0n) is 11.5. The second-order valence-electron chi connectivity index (χ2n) is 4.65. The molecule has 3 aromatic rings. The van der Waals surface area contributed by atoms with Crippen LogP contribution in [0.3, 0.4) is 0 Å². The minimum Gasteiger partial charge on any atom is -0.504 e. The fourth-order valence-electron chi connectivity index (χ4n) is 2.27. The highest BCUT2D eigenvalue weighted by Gasteiger charge is 2.18. The third-order valence-electron chi connectivity index (χ3n) is 3.29. The number of ether oxygens (including phenoxy) is 1. The van der Waals surface area contributed by atoms with Gasteiger partial charge in [-0.3, -0.25) is 4.79 Å². The van der Waals surface area contributed by atoms with Crippen molar-refractivity contribution in [2.75, 3.05) is 7.11 Å². The summed E-state index contributed by atoms with van der Waals surface area (Å²) in [4.78, 5) is 12.2. The number of phenols is 2. The lowest BCUT2D eigenvalue weighted by molar-refractivity contribution is 0.344. The first-order chi connectivity index (χ1) is 10.5. The molecule has 0 fully saturated rings. The van der Waals surface area contributed by atoms with Crippen molar-refractivity contribution in [3.63, 3.8) is 0 Å². The van der Waals surface area contributed by atoms with E-state index in [1.807, 2.05) is 0 Å². The van der Waals surface area contributed by atoms with E-state index in [4.69, 9.17) is 9.15 Å². The number of hydrogen-bond donors (Lipinski definition) is 3. The number of aromatic hydroxyl groups is 3. The fraction of sp³-hybridized carbons (Fsp3) is 0.0625. The van der Waals surface area contributed by atoms with Crippen molar-refractivity contribution in [2.24, 2.45) is 0 Å². The Morgan fingerprint density at radius 1 is 1.05 bits per heavy atom. The molecule has 0 atom stereocenters. The van der Waals surface area contributed by atoms with Crippen LogP contribution in [-0.2, 0) is 0 Å². The van der Waals surface area contributed by atoms with Gasteiger partial charge in [-0.05, 0) is 24.3 Å². The summed E-state index contributed by atoms with van der Waals surface area (Å²) < 4.78 is 10.4. The molecule has 0 saturated heterocycles. The van der Waals surface area contributed by atoms with Crippen LogP contribution < -0.4 is 10.2 Å². The quantitative estimate of drug-likeness (QED) is 0.672. The fourth-order valence-corrected chi connectivity index (χ4v) is 2.27. The average Bonchev–Trinajstić information content (AvgIpc) is 2.50. The summed E-state index contributed by atoms with van der Waals surface area (Å²) in [6.07, 6.45) is 0. The van der Waals surface area contributed by atoms with Gasteiger partial charge in [-0.15, -0.1) is 0 Å². The van der Waals surface area contributed by atoms with E-state index in [1.165, 1.54) is 25.3 Å². The predicted octanol–water partition coefficient (Wildman–Crippen LogP) is 2.59. The van der Waals surface area contributed by atoms with Crippen LogP contribution >= 0.6 is 0 Å². The highest BCUT2D eigenvalue weighted by Crippen LogP contribution is 2.41. The molecule has 2 aromatic carbocycles.